The van der Waals surface area contributed by atoms with E-state index in [2.05, 4.69) is 44.1 Å². The molecule has 2 rings (SSSR count). The molecule has 1 aromatic carbocycles. The zero-order valence-electron chi connectivity index (χ0n) is 10.1. The quantitative estimate of drug-likeness (QED) is 0.877. The molecule has 0 amide bonds. The monoisotopic (exact) mass is 248 g/mol. The maximum atomic E-state index is 3.98. The Morgan fingerprint density at radius 2 is 1.94 bits per heavy atom. The molecule has 0 saturated heterocycles. The molecule has 5 heteroatoms. The Morgan fingerprint density at radius 1 is 1.18 bits per heavy atom. The molecule has 0 aliphatic heterocycles. The molecule has 4 nitrogen and oxygen atoms in total. The van der Waals surface area contributed by atoms with Crippen LogP contribution in [0, 0.1) is 0 Å². The molecule has 0 aliphatic rings. The molecular weight excluding hydrogens is 232 g/mol. The van der Waals surface area contributed by atoms with E-state index in [0.29, 0.717) is 0 Å². The molecule has 1 aromatic heterocycles. The number of aromatic nitrogens is 2. The highest BCUT2D eigenvalue weighted by Gasteiger charge is 1.98. The van der Waals surface area contributed by atoms with Crippen LogP contribution < -0.4 is 10.2 Å². The average Bonchev–Trinajstić information content (AvgIpc) is 2.83. The lowest BCUT2D eigenvalue weighted by Gasteiger charge is -2.12. The molecule has 0 bridgehead atoms. The largest absolute Gasteiger partial charge is 0.378 e. The minimum atomic E-state index is 0.770. The number of nitrogens with zero attached hydrogens (tertiary/aromatic N) is 3. The van der Waals surface area contributed by atoms with E-state index >= 15 is 0 Å². The van der Waals surface area contributed by atoms with E-state index in [9.17, 15) is 0 Å². The van der Waals surface area contributed by atoms with Crippen molar-refractivity contribution in [1.29, 1.82) is 0 Å². The number of nitrogens with one attached hydrogen (secondary N) is 1. The van der Waals surface area contributed by atoms with Crippen LogP contribution in [0.3, 0.4) is 0 Å². The first kappa shape index (κ1) is 12.0. The Labute approximate surface area is 105 Å². The van der Waals surface area contributed by atoms with E-state index < -0.39 is 0 Å². The van der Waals surface area contributed by atoms with E-state index in [0.717, 1.165) is 18.8 Å². The van der Waals surface area contributed by atoms with Crippen LogP contribution in [0.2, 0.25) is 0 Å². The number of anilines is 1. The molecule has 2 aromatic rings. The molecule has 0 spiro atoms. The van der Waals surface area contributed by atoms with E-state index in [1.54, 1.807) is 0 Å². The zero-order chi connectivity index (χ0) is 12.1. The molecule has 0 fully saturated rings. The van der Waals surface area contributed by atoms with E-state index in [-0.39, 0.29) is 0 Å². The molecule has 90 valence electrons. The molecule has 0 unspecified atom stereocenters. The zero-order valence-corrected chi connectivity index (χ0v) is 10.9. The lowest BCUT2D eigenvalue weighted by Crippen LogP contribution is -2.13. The van der Waals surface area contributed by atoms with Crippen molar-refractivity contribution < 1.29 is 0 Å². The van der Waals surface area contributed by atoms with Crippen LogP contribution in [-0.2, 0) is 13.1 Å². The van der Waals surface area contributed by atoms with Gasteiger partial charge in [-0.3, -0.25) is 0 Å². The smallest absolute Gasteiger partial charge is 0.0893 e. The highest BCUT2D eigenvalue weighted by atomic mass is 32.1. The van der Waals surface area contributed by atoms with Gasteiger partial charge in [0.05, 0.1) is 5.69 Å². The molecular formula is C12H16N4S. The molecule has 0 radical (unpaired) electrons. The Morgan fingerprint density at radius 3 is 2.53 bits per heavy atom. The van der Waals surface area contributed by atoms with Gasteiger partial charge in [-0.05, 0) is 29.2 Å². The van der Waals surface area contributed by atoms with Gasteiger partial charge in [0.1, 0.15) is 0 Å². The van der Waals surface area contributed by atoms with E-state index in [4.69, 9.17) is 0 Å². The van der Waals surface area contributed by atoms with Crippen molar-refractivity contribution in [3.8, 4) is 0 Å². The second kappa shape index (κ2) is 5.75. The van der Waals surface area contributed by atoms with Gasteiger partial charge in [0.25, 0.3) is 0 Å². The maximum Gasteiger partial charge on any atom is 0.0893 e. The molecule has 17 heavy (non-hydrogen) atoms. The van der Waals surface area contributed by atoms with Gasteiger partial charge in [-0.15, -0.1) is 5.10 Å². The van der Waals surface area contributed by atoms with Gasteiger partial charge in [-0.25, -0.2) is 0 Å². The third-order valence-corrected chi connectivity index (χ3v) is 3.05. The minimum absolute atomic E-state index is 0.770. The molecule has 0 aliphatic carbocycles. The van der Waals surface area contributed by atoms with Gasteiger partial charge < -0.3 is 10.2 Å². The summed E-state index contributed by atoms with van der Waals surface area (Å²) in [5.74, 6) is 0. The summed E-state index contributed by atoms with van der Waals surface area (Å²) in [4.78, 5) is 2.10. The van der Waals surface area contributed by atoms with E-state index in [1.807, 2.05) is 19.5 Å². The van der Waals surface area contributed by atoms with Crippen LogP contribution in [0.15, 0.2) is 29.6 Å². The first-order chi connectivity index (χ1) is 8.25. The van der Waals surface area contributed by atoms with Gasteiger partial charge in [-0.2, -0.15) is 0 Å². The van der Waals surface area contributed by atoms with Crippen LogP contribution >= 0.6 is 11.5 Å². The standard InChI is InChI=1S/C12H16N4S/c1-16(2)12-5-3-10(4-6-12)7-13-8-11-9-17-15-14-11/h3-6,9,13H,7-8H2,1-2H3. The summed E-state index contributed by atoms with van der Waals surface area (Å²) in [6.07, 6.45) is 0. The third-order valence-electron chi connectivity index (χ3n) is 2.49. The van der Waals surface area contributed by atoms with Crippen LogP contribution in [0.25, 0.3) is 0 Å². The second-order valence-corrected chi connectivity index (χ2v) is 4.67. The van der Waals surface area contributed by atoms with Gasteiger partial charge in [-0.1, -0.05) is 16.6 Å². The van der Waals surface area contributed by atoms with Crippen LogP contribution in [0.4, 0.5) is 5.69 Å². The van der Waals surface area contributed by atoms with Crippen molar-refractivity contribution in [1.82, 2.24) is 14.9 Å². The average molecular weight is 248 g/mol. The third kappa shape index (κ3) is 3.51. The lowest BCUT2D eigenvalue weighted by atomic mass is 10.2. The summed E-state index contributed by atoms with van der Waals surface area (Å²) in [5.41, 5.74) is 3.50. The maximum absolute atomic E-state index is 3.98. The first-order valence-corrected chi connectivity index (χ1v) is 6.32. The number of hydrogen-bond acceptors (Lipinski definition) is 5. The summed E-state index contributed by atoms with van der Waals surface area (Å²) in [6.45, 7) is 1.62. The van der Waals surface area contributed by atoms with Gasteiger partial charge >= 0.3 is 0 Å². The summed E-state index contributed by atoms with van der Waals surface area (Å²) in [5, 5.41) is 9.29. The fourth-order valence-electron chi connectivity index (χ4n) is 1.51. The van der Waals surface area contributed by atoms with E-state index in [1.165, 1.54) is 22.8 Å². The number of hydrogen-bond donors (Lipinski definition) is 1. The summed E-state index contributed by atoms with van der Waals surface area (Å²) in [7, 11) is 4.09. The normalized spacial score (nSPS) is 10.5. The molecule has 0 atom stereocenters. The Bertz CT molecular complexity index is 436. The summed E-state index contributed by atoms with van der Waals surface area (Å²) < 4.78 is 3.82. The number of rotatable bonds is 5. The lowest BCUT2D eigenvalue weighted by molar-refractivity contribution is 0.677. The number of benzene rings is 1. The predicted octanol–water partition coefficient (Wildman–Crippen LogP) is 1.89. The SMILES string of the molecule is CN(C)c1ccc(CNCc2csnn2)cc1. The highest BCUT2D eigenvalue weighted by Crippen LogP contribution is 2.12. The summed E-state index contributed by atoms with van der Waals surface area (Å²) in [6, 6.07) is 8.53. The second-order valence-electron chi connectivity index (χ2n) is 4.06. The molecule has 1 N–H and O–H groups in total. The fourth-order valence-corrected chi connectivity index (χ4v) is 1.96. The summed E-state index contributed by atoms with van der Waals surface area (Å²) >= 11 is 1.38. The van der Waals surface area contributed by atoms with Crippen LogP contribution in [0.1, 0.15) is 11.3 Å². The van der Waals surface area contributed by atoms with Gasteiger partial charge in [0, 0.05) is 38.3 Å². The van der Waals surface area contributed by atoms with Crippen molar-refractivity contribution in [2.24, 2.45) is 0 Å². The van der Waals surface area contributed by atoms with Gasteiger partial charge in [0.2, 0.25) is 0 Å². The van der Waals surface area contributed by atoms with Crippen LogP contribution in [0.5, 0.6) is 0 Å². The van der Waals surface area contributed by atoms with Crippen molar-refractivity contribution in [2.75, 3.05) is 19.0 Å². The van der Waals surface area contributed by atoms with Gasteiger partial charge in [0.15, 0.2) is 0 Å². The van der Waals surface area contributed by atoms with Crippen molar-refractivity contribution in [2.45, 2.75) is 13.1 Å². The van der Waals surface area contributed by atoms with Crippen molar-refractivity contribution in [3.63, 3.8) is 0 Å². The van der Waals surface area contributed by atoms with Crippen molar-refractivity contribution in [3.05, 3.63) is 40.9 Å². The van der Waals surface area contributed by atoms with Crippen molar-refractivity contribution >= 4 is 17.2 Å². The molecule has 0 saturated carbocycles. The molecule has 1 heterocycles. The minimum Gasteiger partial charge on any atom is -0.378 e. The fraction of sp³-hybridized carbons (Fsp3) is 0.333. The predicted molar refractivity (Wildman–Crippen MR) is 71.2 cm³/mol. The topological polar surface area (TPSA) is 41.0 Å². The van der Waals surface area contributed by atoms with Crippen LogP contribution in [-0.4, -0.2) is 23.7 Å². The Balaban J connectivity index is 1.83. The highest BCUT2D eigenvalue weighted by molar-refractivity contribution is 7.03. The first-order valence-electron chi connectivity index (χ1n) is 5.48. The Kier molecular flexibility index (Phi) is 4.06. The Hall–Kier alpha value is -1.46.